The first-order valence-corrected chi connectivity index (χ1v) is 14.2. The Kier molecular flexibility index (Phi) is 12.7. The number of hydrogen-bond acceptors (Lipinski definition) is 8. The van der Waals surface area contributed by atoms with Gasteiger partial charge in [-0.2, -0.15) is 15.3 Å². The number of benzene rings is 1. The monoisotopic (exact) mass is 566 g/mol. The third-order valence-electron chi connectivity index (χ3n) is 6.03. The third kappa shape index (κ3) is 12.5. The van der Waals surface area contributed by atoms with Crippen LogP contribution in [0.25, 0.3) is 0 Å². The molecule has 8 nitrogen and oxygen atoms in total. The summed E-state index contributed by atoms with van der Waals surface area (Å²) in [6.45, 7) is 24.2. The van der Waals surface area contributed by atoms with Gasteiger partial charge in [-0.05, 0) is 91.2 Å². The van der Waals surface area contributed by atoms with Gasteiger partial charge in [0.1, 0.15) is 5.60 Å². The molecule has 0 fully saturated rings. The first-order valence-electron chi connectivity index (χ1n) is 14.2. The van der Waals surface area contributed by atoms with Crippen LogP contribution in [0.4, 0.5) is 5.69 Å². The number of carbonyl (C=O) groups excluding carboxylic acids is 1. The molecule has 1 aliphatic heterocycles. The third-order valence-corrected chi connectivity index (χ3v) is 6.03. The highest BCUT2D eigenvalue weighted by molar-refractivity contribution is 6.06. The molecule has 1 heterocycles. The zero-order valence-corrected chi connectivity index (χ0v) is 26.8. The van der Waals surface area contributed by atoms with E-state index in [0.29, 0.717) is 32.7 Å². The van der Waals surface area contributed by atoms with E-state index in [4.69, 9.17) is 19.3 Å². The van der Waals surface area contributed by atoms with Gasteiger partial charge in [-0.25, -0.2) is 4.79 Å². The first kappa shape index (κ1) is 34.1. The van der Waals surface area contributed by atoms with Crippen LogP contribution in [0.5, 0.6) is 0 Å². The maximum atomic E-state index is 12.6. The van der Waals surface area contributed by atoms with Crippen LogP contribution in [0.2, 0.25) is 0 Å². The highest BCUT2D eigenvalue weighted by Crippen LogP contribution is 2.21. The number of carbonyl (C=O) groups is 1. The number of hydrogen-bond donors (Lipinski definition) is 0. The number of allylic oxidation sites excluding steroid dienone is 2. The number of esters is 1. The number of methoxy groups -OCH3 is 1. The van der Waals surface area contributed by atoms with Gasteiger partial charge in [-0.1, -0.05) is 36.4 Å². The summed E-state index contributed by atoms with van der Waals surface area (Å²) < 4.78 is 17.0. The van der Waals surface area contributed by atoms with E-state index < -0.39 is 11.2 Å². The summed E-state index contributed by atoms with van der Waals surface area (Å²) in [5, 5.41) is 11.3. The highest BCUT2D eigenvalue weighted by atomic mass is 16.6. The van der Waals surface area contributed by atoms with Crippen molar-refractivity contribution in [1.82, 2.24) is 4.90 Å². The molecule has 0 saturated carbocycles. The van der Waals surface area contributed by atoms with Crippen molar-refractivity contribution in [2.24, 2.45) is 10.2 Å². The molecular weight excluding hydrogens is 516 g/mol. The summed E-state index contributed by atoms with van der Waals surface area (Å²) >= 11 is 0. The molecule has 0 spiro atoms. The zero-order chi connectivity index (χ0) is 30.8. The van der Waals surface area contributed by atoms with Crippen molar-refractivity contribution in [2.75, 3.05) is 45.1 Å². The molecule has 2 rings (SSSR count). The average Bonchev–Trinajstić information content (AvgIpc) is 2.84. The second kappa shape index (κ2) is 15.2. The van der Waals surface area contributed by atoms with E-state index in [1.54, 1.807) is 26.1 Å². The quantitative estimate of drug-likeness (QED) is 0.190. The number of nitrogens with zero attached hydrogens (tertiary/aromatic N) is 4. The standard InChI is InChI=1S/C33H50N4O4/c1-24(2)17-28(18-26(4)23-40-33(9,10)31(38)41-32(6,7)8)21-36(15-16-39-11)22-29-20-27(5)34-37(35-29)30-14-12-13-25(3)19-30/h12-14,17-19H,1,15-16,20-23H2,2-11H3/b26-18-,28-17+. The molecule has 0 atom stereocenters. The first-order chi connectivity index (χ1) is 19.1. The van der Waals surface area contributed by atoms with Crippen LogP contribution in [0.3, 0.4) is 0 Å². The van der Waals surface area contributed by atoms with Gasteiger partial charge in [0, 0.05) is 38.9 Å². The van der Waals surface area contributed by atoms with E-state index in [1.807, 2.05) is 53.7 Å². The fourth-order valence-electron chi connectivity index (χ4n) is 4.15. The highest BCUT2D eigenvalue weighted by Gasteiger charge is 2.33. The van der Waals surface area contributed by atoms with Crippen molar-refractivity contribution in [3.63, 3.8) is 0 Å². The molecule has 0 aliphatic carbocycles. The van der Waals surface area contributed by atoms with Crippen molar-refractivity contribution in [3.05, 3.63) is 65.3 Å². The second-order valence-corrected chi connectivity index (χ2v) is 12.4. The van der Waals surface area contributed by atoms with E-state index in [0.717, 1.165) is 45.9 Å². The lowest BCUT2D eigenvalue weighted by atomic mass is 10.1. The van der Waals surface area contributed by atoms with Crippen LogP contribution in [-0.4, -0.2) is 73.5 Å². The molecule has 0 aromatic heterocycles. The summed E-state index contributed by atoms with van der Waals surface area (Å²) in [6.07, 6.45) is 4.90. The summed E-state index contributed by atoms with van der Waals surface area (Å²) in [5.41, 5.74) is 5.55. The Bertz CT molecular complexity index is 1190. The molecule has 0 amide bonds. The van der Waals surface area contributed by atoms with Crippen molar-refractivity contribution < 1.29 is 19.0 Å². The number of anilines is 1. The van der Waals surface area contributed by atoms with Crippen LogP contribution >= 0.6 is 0 Å². The molecule has 0 unspecified atom stereocenters. The van der Waals surface area contributed by atoms with Crippen molar-refractivity contribution in [2.45, 2.75) is 79.9 Å². The van der Waals surface area contributed by atoms with E-state index in [1.165, 1.54) is 0 Å². The maximum absolute atomic E-state index is 12.6. The van der Waals surface area contributed by atoms with Crippen LogP contribution in [0, 0.1) is 6.92 Å². The Labute approximate surface area is 247 Å². The van der Waals surface area contributed by atoms with Crippen molar-refractivity contribution in [3.8, 4) is 0 Å². The Hall–Kier alpha value is -3.07. The van der Waals surface area contributed by atoms with Gasteiger partial charge in [-0.3, -0.25) is 4.90 Å². The number of ether oxygens (including phenoxy) is 3. The Morgan fingerprint density at radius 2 is 1.83 bits per heavy atom. The zero-order valence-electron chi connectivity index (χ0n) is 26.8. The van der Waals surface area contributed by atoms with E-state index >= 15 is 0 Å². The normalized spacial score (nSPS) is 15.1. The van der Waals surface area contributed by atoms with Gasteiger partial charge in [0.05, 0.1) is 24.6 Å². The van der Waals surface area contributed by atoms with Crippen LogP contribution in [0.15, 0.2) is 69.9 Å². The van der Waals surface area contributed by atoms with Crippen molar-refractivity contribution in [1.29, 1.82) is 0 Å². The van der Waals surface area contributed by atoms with Gasteiger partial charge in [-0.15, -0.1) is 0 Å². The summed E-state index contributed by atoms with van der Waals surface area (Å²) in [4.78, 5) is 14.9. The number of hydrazone groups is 2. The Morgan fingerprint density at radius 1 is 1.12 bits per heavy atom. The molecule has 41 heavy (non-hydrogen) atoms. The van der Waals surface area contributed by atoms with Gasteiger partial charge in [0.15, 0.2) is 5.60 Å². The SMILES string of the molecule is C=C(C)/C=C(\C=C(\C)COC(C)(C)C(=O)OC(C)(C)C)CN(CCOC)CC1=NN(c2cccc(C)c2)N=C(C)C1. The van der Waals surface area contributed by atoms with E-state index in [2.05, 4.69) is 47.8 Å². The lowest BCUT2D eigenvalue weighted by Crippen LogP contribution is -2.41. The fourth-order valence-corrected chi connectivity index (χ4v) is 4.15. The van der Waals surface area contributed by atoms with Crippen LogP contribution in [0.1, 0.15) is 67.4 Å². The topological polar surface area (TPSA) is 76.0 Å². The van der Waals surface area contributed by atoms with Gasteiger partial charge < -0.3 is 14.2 Å². The fraction of sp³-hybridized carbons (Fsp3) is 0.545. The largest absolute Gasteiger partial charge is 0.458 e. The molecule has 0 bridgehead atoms. The average molecular weight is 567 g/mol. The van der Waals surface area contributed by atoms with Crippen molar-refractivity contribution >= 4 is 23.1 Å². The van der Waals surface area contributed by atoms with Crippen LogP contribution in [-0.2, 0) is 19.0 Å². The van der Waals surface area contributed by atoms with E-state index in [-0.39, 0.29) is 5.97 Å². The molecule has 226 valence electrons. The predicted molar refractivity (Wildman–Crippen MR) is 170 cm³/mol. The summed E-state index contributed by atoms with van der Waals surface area (Å²) in [7, 11) is 1.71. The molecule has 8 heteroatoms. The molecule has 0 radical (unpaired) electrons. The molecule has 0 saturated heterocycles. The summed E-state index contributed by atoms with van der Waals surface area (Å²) in [6, 6.07) is 8.19. The molecule has 1 aliphatic rings. The number of rotatable bonds is 14. The van der Waals surface area contributed by atoms with Gasteiger partial charge in [0.2, 0.25) is 0 Å². The maximum Gasteiger partial charge on any atom is 0.338 e. The van der Waals surface area contributed by atoms with Gasteiger partial charge in [0.25, 0.3) is 0 Å². The minimum absolute atomic E-state index is 0.297. The minimum Gasteiger partial charge on any atom is -0.458 e. The second-order valence-electron chi connectivity index (χ2n) is 12.4. The van der Waals surface area contributed by atoms with Gasteiger partial charge >= 0.3 is 5.97 Å². The van der Waals surface area contributed by atoms with E-state index in [9.17, 15) is 4.79 Å². The Morgan fingerprint density at radius 3 is 2.44 bits per heavy atom. The molecule has 0 N–H and O–H groups in total. The lowest BCUT2D eigenvalue weighted by Gasteiger charge is -2.29. The van der Waals surface area contributed by atoms with Crippen LogP contribution < -0.4 is 5.12 Å². The summed E-state index contributed by atoms with van der Waals surface area (Å²) in [5.74, 6) is -0.381. The smallest absolute Gasteiger partial charge is 0.338 e. The lowest BCUT2D eigenvalue weighted by molar-refractivity contribution is -0.178. The molecule has 1 aromatic rings. The molecule has 1 aromatic carbocycles. The molecular formula is C33H50N4O4. The minimum atomic E-state index is -1.06. The predicted octanol–water partition coefficient (Wildman–Crippen LogP) is 6.47. The Balaban J connectivity index is 2.20. The number of aryl methyl sites for hydroxylation is 1.